The maximum Gasteiger partial charge on any atom is 0.117 e. The van der Waals surface area contributed by atoms with Gasteiger partial charge in [-0.2, -0.15) is 0 Å². The molecule has 0 aliphatic heterocycles. The maximum atomic E-state index is 5.42. The fourth-order valence-electron chi connectivity index (χ4n) is 3.00. The summed E-state index contributed by atoms with van der Waals surface area (Å²) in [6.07, 6.45) is 7.31. The molecule has 2 atom stereocenters. The van der Waals surface area contributed by atoms with Gasteiger partial charge >= 0.3 is 0 Å². The molecule has 2 rings (SSSR count). The highest BCUT2D eigenvalue weighted by Crippen LogP contribution is 2.23. The second kappa shape index (κ2) is 7.71. The van der Waals surface area contributed by atoms with Crippen LogP contribution >= 0.6 is 0 Å². The van der Waals surface area contributed by atoms with Crippen LogP contribution in [0.2, 0.25) is 0 Å². The molecule has 0 saturated heterocycles. The molecule has 1 saturated carbocycles. The van der Waals surface area contributed by atoms with Gasteiger partial charge in [0.25, 0.3) is 0 Å². The van der Waals surface area contributed by atoms with Crippen LogP contribution in [-0.2, 0) is 6.54 Å². The molecule has 3 heteroatoms. The van der Waals surface area contributed by atoms with Crippen molar-refractivity contribution < 1.29 is 4.42 Å². The third-order valence-corrected chi connectivity index (χ3v) is 4.35. The Bertz CT molecular complexity index is 337. The van der Waals surface area contributed by atoms with E-state index in [2.05, 4.69) is 30.1 Å². The lowest BCUT2D eigenvalue weighted by Gasteiger charge is -2.30. The summed E-state index contributed by atoms with van der Waals surface area (Å²) in [6, 6.07) is 4.75. The van der Waals surface area contributed by atoms with Crippen molar-refractivity contribution >= 4 is 0 Å². The topological polar surface area (TPSA) is 28.4 Å². The molecule has 1 N–H and O–H groups in total. The van der Waals surface area contributed by atoms with E-state index in [1.54, 1.807) is 6.26 Å². The zero-order chi connectivity index (χ0) is 13.5. The summed E-state index contributed by atoms with van der Waals surface area (Å²) in [5.74, 6) is 1.90. The largest absolute Gasteiger partial charge is 0.468 e. The van der Waals surface area contributed by atoms with E-state index in [9.17, 15) is 0 Å². The minimum absolute atomic E-state index is 0.732. The van der Waals surface area contributed by atoms with E-state index in [4.69, 9.17) is 4.42 Å². The molecule has 0 amide bonds. The Kier molecular flexibility index (Phi) is 5.93. The van der Waals surface area contributed by atoms with Crippen LogP contribution in [0.3, 0.4) is 0 Å². The highest BCUT2D eigenvalue weighted by atomic mass is 16.3. The van der Waals surface area contributed by atoms with Crippen LogP contribution in [0.25, 0.3) is 0 Å². The van der Waals surface area contributed by atoms with Crippen LogP contribution in [0.15, 0.2) is 22.8 Å². The Labute approximate surface area is 117 Å². The van der Waals surface area contributed by atoms with Gasteiger partial charge in [0, 0.05) is 19.1 Å². The highest BCUT2D eigenvalue weighted by Gasteiger charge is 2.20. The maximum absolute atomic E-state index is 5.42. The molecule has 19 heavy (non-hydrogen) atoms. The average molecular weight is 264 g/mol. The molecular formula is C16H28N2O. The first kappa shape index (κ1) is 14.6. The second-order valence-corrected chi connectivity index (χ2v) is 5.77. The summed E-state index contributed by atoms with van der Waals surface area (Å²) in [5, 5.41) is 3.74. The molecule has 3 nitrogen and oxygen atoms in total. The normalized spacial score (nSPS) is 23.9. The monoisotopic (exact) mass is 264 g/mol. The van der Waals surface area contributed by atoms with Gasteiger partial charge in [0.1, 0.15) is 5.76 Å². The molecule has 1 aromatic heterocycles. The molecule has 0 spiro atoms. The Morgan fingerprint density at radius 3 is 2.89 bits per heavy atom. The summed E-state index contributed by atoms with van der Waals surface area (Å²) in [6.45, 7) is 8.78. The van der Waals surface area contributed by atoms with Gasteiger partial charge in [0.15, 0.2) is 0 Å². The van der Waals surface area contributed by atoms with E-state index >= 15 is 0 Å². The highest BCUT2D eigenvalue weighted by molar-refractivity contribution is 4.97. The molecule has 108 valence electrons. The number of furan rings is 1. The first-order chi connectivity index (χ1) is 9.29. The second-order valence-electron chi connectivity index (χ2n) is 5.77. The molecule has 1 fully saturated rings. The summed E-state index contributed by atoms with van der Waals surface area (Å²) < 4.78 is 5.42. The van der Waals surface area contributed by atoms with Gasteiger partial charge in [0.2, 0.25) is 0 Å². The summed E-state index contributed by atoms with van der Waals surface area (Å²) in [7, 11) is 0. The molecule has 0 aromatic carbocycles. The van der Waals surface area contributed by atoms with E-state index in [1.807, 2.05) is 6.07 Å². The molecule has 0 bridgehead atoms. The number of nitrogens with zero attached hydrogens (tertiary/aromatic N) is 1. The zero-order valence-electron chi connectivity index (χ0n) is 12.4. The van der Waals surface area contributed by atoms with Gasteiger partial charge in [-0.3, -0.25) is 4.90 Å². The SMILES string of the molecule is CCN(CCNC1CCCCC1C)Cc1ccco1. The smallest absolute Gasteiger partial charge is 0.117 e. The lowest BCUT2D eigenvalue weighted by molar-refractivity contribution is 0.231. The first-order valence-corrected chi connectivity index (χ1v) is 7.77. The summed E-state index contributed by atoms with van der Waals surface area (Å²) >= 11 is 0. The zero-order valence-corrected chi connectivity index (χ0v) is 12.4. The Hall–Kier alpha value is -0.800. The lowest BCUT2D eigenvalue weighted by Crippen LogP contribution is -2.41. The van der Waals surface area contributed by atoms with Gasteiger partial charge in [-0.15, -0.1) is 0 Å². The van der Waals surface area contributed by atoms with Gasteiger partial charge < -0.3 is 9.73 Å². The Balaban J connectivity index is 1.68. The number of hydrogen-bond donors (Lipinski definition) is 1. The van der Waals surface area contributed by atoms with Crippen LogP contribution in [0.5, 0.6) is 0 Å². The van der Waals surface area contributed by atoms with Crippen molar-refractivity contribution in [2.75, 3.05) is 19.6 Å². The van der Waals surface area contributed by atoms with Crippen molar-refractivity contribution in [3.63, 3.8) is 0 Å². The summed E-state index contributed by atoms with van der Waals surface area (Å²) in [5.41, 5.74) is 0. The van der Waals surface area contributed by atoms with Crippen molar-refractivity contribution in [1.82, 2.24) is 10.2 Å². The number of hydrogen-bond acceptors (Lipinski definition) is 3. The van der Waals surface area contributed by atoms with E-state index in [1.165, 1.54) is 25.7 Å². The van der Waals surface area contributed by atoms with Gasteiger partial charge in [0.05, 0.1) is 12.8 Å². The van der Waals surface area contributed by atoms with E-state index < -0.39 is 0 Å². The Morgan fingerprint density at radius 2 is 2.21 bits per heavy atom. The fourth-order valence-corrected chi connectivity index (χ4v) is 3.00. The van der Waals surface area contributed by atoms with E-state index in [0.29, 0.717) is 0 Å². The lowest BCUT2D eigenvalue weighted by atomic mass is 9.86. The van der Waals surface area contributed by atoms with Gasteiger partial charge in [-0.25, -0.2) is 0 Å². The molecule has 0 radical (unpaired) electrons. The van der Waals surface area contributed by atoms with Crippen LogP contribution in [-0.4, -0.2) is 30.6 Å². The Morgan fingerprint density at radius 1 is 1.37 bits per heavy atom. The van der Waals surface area contributed by atoms with Crippen LogP contribution in [0.4, 0.5) is 0 Å². The van der Waals surface area contributed by atoms with Crippen molar-refractivity contribution in [2.45, 2.75) is 52.1 Å². The van der Waals surface area contributed by atoms with Crippen LogP contribution in [0.1, 0.15) is 45.3 Å². The van der Waals surface area contributed by atoms with Crippen molar-refractivity contribution in [3.8, 4) is 0 Å². The quantitative estimate of drug-likeness (QED) is 0.819. The van der Waals surface area contributed by atoms with Crippen molar-refractivity contribution in [2.24, 2.45) is 5.92 Å². The van der Waals surface area contributed by atoms with Gasteiger partial charge in [-0.1, -0.05) is 26.7 Å². The van der Waals surface area contributed by atoms with Gasteiger partial charge in [-0.05, 0) is 37.4 Å². The third-order valence-electron chi connectivity index (χ3n) is 4.35. The molecule has 1 aliphatic rings. The molecule has 1 aliphatic carbocycles. The van der Waals surface area contributed by atoms with Crippen LogP contribution < -0.4 is 5.32 Å². The summed E-state index contributed by atoms with van der Waals surface area (Å²) in [4.78, 5) is 2.43. The molecular weight excluding hydrogens is 236 g/mol. The first-order valence-electron chi connectivity index (χ1n) is 7.77. The fraction of sp³-hybridized carbons (Fsp3) is 0.750. The number of likely N-dealkylation sites (N-methyl/N-ethyl adjacent to an activating group) is 1. The van der Waals surface area contributed by atoms with Crippen molar-refractivity contribution in [1.29, 1.82) is 0 Å². The molecule has 2 unspecified atom stereocenters. The minimum atomic E-state index is 0.732. The molecule has 1 aromatic rings. The van der Waals surface area contributed by atoms with E-state index in [0.717, 1.165) is 43.9 Å². The number of nitrogens with one attached hydrogen (secondary N) is 1. The predicted octanol–water partition coefficient (Wildman–Crippen LogP) is 3.27. The van der Waals surface area contributed by atoms with E-state index in [-0.39, 0.29) is 0 Å². The number of rotatable bonds is 7. The molecule has 1 heterocycles. The third kappa shape index (κ3) is 4.66. The predicted molar refractivity (Wildman–Crippen MR) is 79.1 cm³/mol. The minimum Gasteiger partial charge on any atom is -0.468 e. The average Bonchev–Trinajstić information content (AvgIpc) is 2.92. The standard InChI is InChI=1S/C16H28N2O/c1-3-18(13-15-8-6-12-19-15)11-10-17-16-9-5-4-7-14(16)2/h6,8,12,14,16-17H,3-5,7,9-11,13H2,1-2H3. The van der Waals surface area contributed by atoms with Crippen molar-refractivity contribution in [3.05, 3.63) is 24.2 Å². The van der Waals surface area contributed by atoms with Crippen LogP contribution in [0, 0.1) is 5.92 Å².